The van der Waals surface area contributed by atoms with Crippen LogP contribution in [0.2, 0.25) is 0 Å². The molecule has 2 aliphatic rings. The Kier molecular flexibility index (Phi) is 5.14. The van der Waals surface area contributed by atoms with E-state index in [-0.39, 0.29) is 12.6 Å². The van der Waals surface area contributed by atoms with Gasteiger partial charge in [0.15, 0.2) is 0 Å². The molecule has 1 heterocycles. The fraction of sp³-hybridized carbons (Fsp3) is 0.588. The third kappa shape index (κ3) is 3.82. The van der Waals surface area contributed by atoms with Crippen LogP contribution in [0.3, 0.4) is 0 Å². The molecule has 2 fully saturated rings. The van der Waals surface area contributed by atoms with Crippen molar-refractivity contribution in [3.05, 3.63) is 23.8 Å². The normalized spacial score (nSPS) is 19.0. The number of esters is 1. The average Bonchev–Trinajstić information content (AvgIpc) is 3.34. The summed E-state index contributed by atoms with van der Waals surface area (Å²) in [5.74, 6) is -0.286. The number of benzene rings is 1. The van der Waals surface area contributed by atoms with Gasteiger partial charge in [0.05, 0.1) is 25.0 Å². The SMILES string of the molecule is COC(=O)c1ccc(SNCCO)cc1N1CCC2(CC1)CC2. The van der Waals surface area contributed by atoms with Gasteiger partial charge in [-0.05, 0) is 61.2 Å². The molecule has 1 aromatic rings. The zero-order chi connectivity index (χ0) is 16.3. The van der Waals surface area contributed by atoms with E-state index in [0.717, 1.165) is 23.7 Å². The Morgan fingerprint density at radius 1 is 1.35 bits per heavy atom. The molecular formula is C17H24N2O3S. The van der Waals surface area contributed by atoms with E-state index in [4.69, 9.17) is 9.84 Å². The van der Waals surface area contributed by atoms with E-state index in [1.165, 1.54) is 44.7 Å². The first-order chi connectivity index (χ1) is 11.2. The van der Waals surface area contributed by atoms with Gasteiger partial charge in [0, 0.05) is 24.5 Å². The van der Waals surface area contributed by atoms with Crippen molar-refractivity contribution >= 4 is 23.6 Å². The Hall–Kier alpha value is -1.24. The van der Waals surface area contributed by atoms with Crippen LogP contribution in [0.5, 0.6) is 0 Å². The standard InChI is InChI=1S/C17H24N2O3S/c1-22-16(21)14-3-2-13(23-18-8-11-20)12-15(14)19-9-6-17(4-5-17)7-10-19/h2-3,12,18,20H,4-11H2,1H3. The van der Waals surface area contributed by atoms with Crippen LogP contribution in [0.15, 0.2) is 23.1 Å². The maximum atomic E-state index is 12.1. The molecule has 5 nitrogen and oxygen atoms in total. The van der Waals surface area contributed by atoms with Crippen LogP contribution < -0.4 is 9.62 Å². The Morgan fingerprint density at radius 3 is 2.70 bits per heavy atom. The summed E-state index contributed by atoms with van der Waals surface area (Å²) in [5.41, 5.74) is 2.20. The fourth-order valence-corrected chi connectivity index (χ4v) is 3.86. The minimum Gasteiger partial charge on any atom is -0.465 e. The van der Waals surface area contributed by atoms with Gasteiger partial charge in [-0.3, -0.25) is 4.72 Å². The number of hydrogen-bond acceptors (Lipinski definition) is 6. The van der Waals surface area contributed by atoms with Crippen LogP contribution in [0.1, 0.15) is 36.0 Å². The number of nitrogens with one attached hydrogen (secondary N) is 1. The van der Waals surface area contributed by atoms with Crippen molar-refractivity contribution in [2.24, 2.45) is 5.41 Å². The second kappa shape index (κ2) is 7.11. The number of aliphatic hydroxyl groups excluding tert-OH is 1. The summed E-state index contributed by atoms with van der Waals surface area (Å²) in [7, 11) is 1.42. The van der Waals surface area contributed by atoms with Crippen molar-refractivity contribution in [2.45, 2.75) is 30.6 Å². The van der Waals surface area contributed by atoms with Gasteiger partial charge in [-0.25, -0.2) is 4.79 Å². The minimum atomic E-state index is -0.286. The third-order valence-corrected chi connectivity index (χ3v) is 5.74. The van der Waals surface area contributed by atoms with Gasteiger partial charge in [0.1, 0.15) is 0 Å². The highest BCUT2D eigenvalue weighted by Gasteiger charge is 2.44. The van der Waals surface area contributed by atoms with Crippen LogP contribution in [-0.2, 0) is 4.74 Å². The average molecular weight is 336 g/mol. The van der Waals surface area contributed by atoms with Crippen molar-refractivity contribution in [1.82, 2.24) is 4.72 Å². The molecule has 2 N–H and O–H groups in total. The highest BCUT2D eigenvalue weighted by molar-refractivity contribution is 7.97. The van der Waals surface area contributed by atoms with Crippen molar-refractivity contribution in [2.75, 3.05) is 38.3 Å². The second-order valence-electron chi connectivity index (χ2n) is 6.38. The quantitative estimate of drug-likeness (QED) is 0.473. The van der Waals surface area contributed by atoms with Gasteiger partial charge in [0.2, 0.25) is 0 Å². The molecule has 1 aliphatic carbocycles. The second-order valence-corrected chi connectivity index (χ2v) is 7.34. The molecular weight excluding hydrogens is 312 g/mol. The summed E-state index contributed by atoms with van der Waals surface area (Å²) in [5, 5.41) is 8.86. The molecule has 0 atom stereocenters. The number of anilines is 1. The smallest absolute Gasteiger partial charge is 0.339 e. The van der Waals surface area contributed by atoms with Crippen LogP contribution in [-0.4, -0.2) is 44.4 Å². The number of rotatable bonds is 6. The van der Waals surface area contributed by atoms with Crippen molar-refractivity contribution in [3.8, 4) is 0 Å². The van der Waals surface area contributed by atoms with Crippen LogP contribution >= 0.6 is 11.9 Å². The van der Waals surface area contributed by atoms with E-state index in [1.54, 1.807) is 0 Å². The number of carbonyl (C=O) groups is 1. The molecule has 1 aromatic carbocycles. The molecule has 0 aromatic heterocycles. The van der Waals surface area contributed by atoms with Crippen molar-refractivity contribution in [3.63, 3.8) is 0 Å². The Labute approximate surface area is 141 Å². The number of ether oxygens (including phenoxy) is 1. The van der Waals surface area contributed by atoms with Crippen LogP contribution in [0, 0.1) is 5.41 Å². The van der Waals surface area contributed by atoms with Gasteiger partial charge in [0.25, 0.3) is 0 Å². The highest BCUT2D eigenvalue weighted by atomic mass is 32.2. The summed E-state index contributed by atoms with van der Waals surface area (Å²) in [6, 6.07) is 5.80. The molecule has 1 spiro atoms. The summed E-state index contributed by atoms with van der Waals surface area (Å²) in [6.07, 6.45) is 5.17. The lowest BCUT2D eigenvalue weighted by Gasteiger charge is -2.34. The number of carbonyl (C=O) groups excluding carboxylic acids is 1. The van der Waals surface area contributed by atoms with Crippen LogP contribution in [0.4, 0.5) is 5.69 Å². The molecule has 1 aliphatic heterocycles. The molecule has 1 saturated heterocycles. The number of piperidine rings is 1. The van der Waals surface area contributed by atoms with Gasteiger partial charge in [-0.1, -0.05) is 0 Å². The summed E-state index contributed by atoms with van der Waals surface area (Å²) >= 11 is 1.47. The maximum Gasteiger partial charge on any atom is 0.339 e. The minimum absolute atomic E-state index is 0.105. The fourth-order valence-electron chi connectivity index (χ4n) is 3.20. The molecule has 3 rings (SSSR count). The first-order valence-corrected chi connectivity index (χ1v) is 8.97. The number of hydrogen-bond donors (Lipinski definition) is 2. The lowest BCUT2D eigenvalue weighted by molar-refractivity contribution is 0.0601. The summed E-state index contributed by atoms with van der Waals surface area (Å²) < 4.78 is 8.04. The summed E-state index contributed by atoms with van der Waals surface area (Å²) in [6.45, 7) is 2.64. The number of methoxy groups -OCH3 is 1. The molecule has 0 unspecified atom stereocenters. The van der Waals surface area contributed by atoms with E-state index in [9.17, 15) is 4.79 Å². The van der Waals surface area contributed by atoms with Crippen LogP contribution in [0.25, 0.3) is 0 Å². The zero-order valence-electron chi connectivity index (χ0n) is 13.5. The van der Waals surface area contributed by atoms with E-state index in [0.29, 0.717) is 17.5 Å². The Balaban J connectivity index is 1.78. The van der Waals surface area contributed by atoms with E-state index >= 15 is 0 Å². The first kappa shape index (κ1) is 16.6. The summed E-state index contributed by atoms with van der Waals surface area (Å²) in [4.78, 5) is 15.4. The molecule has 1 saturated carbocycles. The topological polar surface area (TPSA) is 61.8 Å². The number of aliphatic hydroxyl groups is 1. The van der Waals surface area contributed by atoms with Gasteiger partial charge < -0.3 is 14.7 Å². The van der Waals surface area contributed by atoms with Crippen molar-refractivity contribution in [1.29, 1.82) is 0 Å². The predicted molar refractivity (Wildman–Crippen MR) is 91.8 cm³/mol. The monoisotopic (exact) mass is 336 g/mol. The molecule has 0 radical (unpaired) electrons. The lowest BCUT2D eigenvalue weighted by atomic mass is 9.93. The lowest BCUT2D eigenvalue weighted by Crippen LogP contribution is -2.35. The highest BCUT2D eigenvalue weighted by Crippen LogP contribution is 2.54. The van der Waals surface area contributed by atoms with E-state index in [2.05, 4.69) is 9.62 Å². The first-order valence-electron chi connectivity index (χ1n) is 8.15. The van der Waals surface area contributed by atoms with Gasteiger partial charge in [-0.15, -0.1) is 0 Å². The number of nitrogens with zero attached hydrogens (tertiary/aromatic N) is 1. The molecule has 0 bridgehead atoms. The largest absolute Gasteiger partial charge is 0.465 e. The Morgan fingerprint density at radius 2 is 2.09 bits per heavy atom. The molecule has 0 amide bonds. The van der Waals surface area contributed by atoms with Gasteiger partial charge >= 0.3 is 5.97 Å². The molecule has 23 heavy (non-hydrogen) atoms. The molecule has 126 valence electrons. The van der Waals surface area contributed by atoms with Gasteiger partial charge in [-0.2, -0.15) is 0 Å². The Bertz CT molecular complexity index is 565. The third-order valence-electron chi connectivity index (χ3n) is 4.90. The predicted octanol–water partition coefficient (Wildman–Crippen LogP) is 2.44. The van der Waals surface area contributed by atoms with Crippen molar-refractivity contribution < 1.29 is 14.6 Å². The van der Waals surface area contributed by atoms with E-state index in [1.807, 2.05) is 18.2 Å². The maximum absolute atomic E-state index is 12.1. The molecule has 6 heteroatoms. The zero-order valence-corrected chi connectivity index (χ0v) is 14.3. The van der Waals surface area contributed by atoms with E-state index < -0.39 is 0 Å².